The molecule has 0 saturated carbocycles. The lowest BCUT2D eigenvalue weighted by Crippen LogP contribution is -2.50. The standard InChI is InChI=1S/C19H24N2O6/c1-5-26-16(23)11-21-14-9-7-6-8-12(14)15(22)10-13(17(21)24)20-18(25)27-19(2,3)4/h6-9,13H,5,10-11H2,1-4H3,(H,20,25). The topological polar surface area (TPSA) is 102 Å². The molecule has 1 atom stereocenters. The molecule has 0 saturated heterocycles. The summed E-state index contributed by atoms with van der Waals surface area (Å²) in [6.07, 6.45) is -1.04. The van der Waals surface area contributed by atoms with Crippen molar-refractivity contribution >= 4 is 29.4 Å². The Hall–Kier alpha value is -2.90. The number of ketones is 1. The first-order chi connectivity index (χ1) is 12.6. The minimum atomic E-state index is -1.14. The zero-order valence-electron chi connectivity index (χ0n) is 15.9. The summed E-state index contributed by atoms with van der Waals surface area (Å²) in [5.41, 5.74) is -0.132. The van der Waals surface area contributed by atoms with Gasteiger partial charge in [-0.1, -0.05) is 12.1 Å². The minimum Gasteiger partial charge on any atom is -0.465 e. The van der Waals surface area contributed by atoms with Crippen LogP contribution in [0.4, 0.5) is 10.5 Å². The first kappa shape index (κ1) is 20.4. The molecule has 0 aromatic heterocycles. The fourth-order valence-electron chi connectivity index (χ4n) is 2.70. The highest BCUT2D eigenvalue weighted by molar-refractivity contribution is 6.13. The molecule has 2 rings (SSSR count). The van der Waals surface area contributed by atoms with Crippen molar-refractivity contribution in [3.8, 4) is 0 Å². The molecule has 146 valence electrons. The van der Waals surface area contributed by atoms with Gasteiger partial charge in [0.2, 0.25) is 0 Å². The quantitative estimate of drug-likeness (QED) is 0.807. The molecule has 1 aromatic rings. The predicted octanol–water partition coefficient (Wildman–Crippen LogP) is 2.06. The first-order valence-corrected chi connectivity index (χ1v) is 8.71. The molecule has 8 heteroatoms. The third-order valence-corrected chi connectivity index (χ3v) is 3.73. The fraction of sp³-hybridized carbons (Fsp3) is 0.474. The number of ether oxygens (including phenoxy) is 2. The number of alkyl carbamates (subject to hydrolysis) is 1. The van der Waals surface area contributed by atoms with Crippen LogP contribution in [0.15, 0.2) is 24.3 Å². The molecule has 1 aliphatic heterocycles. The summed E-state index contributed by atoms with van der Waals surface area (Å²) >= 11 is 0. The zero-order valence-corrected chi connectivity index (χ0v) is 15.9. The molecule has 0 fully saturated rings. The van der Waals surface area contributed by atoms with Gasteiger partial charge in [-0.2, -0.15) is 0 Å². The van der Waals surface area contributed by atoms with Crippen LogP contribution in [-0.4, -0.2) is 48.5 Å². The van der Waals surface area contributed by atoms with Gasteiger partial charge < -0.3 is 14.8 Å². The number of amides is 2. The van der Waals surface area contributed by atoms with Crippen LogP contribution in [0.3, 0.4) is 0 Å². The van der Waals surface area contributed by atoms with Gasteiger partial charge >= 0.3 is 12.1 Å². The summed E-state index contributed by atoms with van der Waals surface area (Å²) in [5.74, 6) is -1.50. The third kappa shape index (κ3) is 5.29. The molecule has 0 radical (unpaired) electrons. The Morgan fingerprint density at radius 2 is 1.89 bits per heavy atom. The Morgan fingerprint density at radius 3 is 2.52 bits per heavy atom. The molecule has 1 N–H and O–H groups in total. The van der Waals surface area contributed by atoms with Gasteiger partial charge in [-0.3, -0.25) is 19.3 Å². The second-order valence-corrected chi connectivity index (χ2v) is 7.07. The van der Waals surface area contributed by atoms with E-state index in [1.165, 1.54) is 4.90 Å². The molecule has 0 bridgehead atoms. The summed E-state index contributed by atoms with van der Waals surface area (Å²) in [6.45, 7) is 6.54. The minimum absolute atomic E-state index is 0.168. The van der Waals surface area contributed by atoms with Gasteiger partial charge in [0.25, 0.3) is 5.91 Å². The maximum Gasteiger partial charge on any atom is 0.408 e. The maximum atomic E-state index is 13.0. The van der Waals surface area contributed by atoms with Crippen molar-refractivity contribution in [1.82, 2.24) is 5.32 Å². The van der Waals surface area contributed by atoms with Gasteiger partial charge in [-0.15, -0.1) is 0 Å². The van der Waals surface area contributed by atoms with Gasteiger partial charge in [0.15, 0.2) is 5.78 Å². The highest BCUT2D eigenvalue weighted by Gasteiger charge is 2.36. The Labute approximate surface area is 157 Å². The van der Waals surface area contributed by atoms with E-state index in [0.717, 1.165) is 0 Å². The summed E-state index contributed by atoms with van der Waals surface area (Å²) in [7, 11) is 0. The van der Waals surface area contributed by atoms with Crippen molar-refractivity contribution in [2.24, 2.45) is 0 Å². The van der Waals surface area contributed by atoms with Crippen LogP contribution in [-0.2, 0) is 19.1 Å². The van der Waals surface area contributed by atoms with Crippen LogP contribution in [0.5, 0.6) is 0 Å². The first-order valence-electron chi connectivity index (χ1n) is 8.71. The molecule has 1 aliphatic rings. The second-order valence-electron chi connectivity index (χ2n) is 7.07. The highest BCUT2D eigenvalue weighted by atomic mass is 16.6. The average molecular weight is 376 g/mol. The Balaban J connectivity index is 2.32. The van der Waals surface area contributed by atoms with Crippen LogP contribution in [0.1, 0.15) is 44.5 Å². The Kier molecular flexibility index (Phi) is 6.20. The molecular formula is C19H24N2O6. The summed E-state index contributed by atoms with van der Waals surface area (Å²) in [6, 6.07) is 5.36. The van der Waals surface area contributed by atoms with Crippen molar-refractivity contribution in [2.45, 2.75) is 45.8 Å². The normalized spacial score (nSPS) is 17.0. The Bertz CT molecular complexity index is 753. The summed E-state index contributed by atoms with van der Waals surface area (Å²) in [5, 5.41) is 2.44. The molecule has 0 aliphatic carbocycles. The number of carbonyl (C=O) groups excluding carboxylic acids is 4. The van der Waals surface area contributed by atoms with Crippen LogP contribution in [0.25, 0.3) is 0 Å². The largest absolute Gasteiger partial charge is 0.465 e. The number of nitrogens with one attached hydrogen (secondary N) is 1. The number of para-hydroxylation sites is 1. The smallest absolute Gasteiger partial charge is 0.408 e. The van der Waals surface area contributed by atoms with E-state index < -0.39 is 29.6 Å². The Morgan fingerprint density at radius 1 is 1.22 bits per heavy atom. The number of carbonyl (C=O) groups is 4. The second kappa shape index (κ2) is 8.20. The maximum absolute atomic E-state index is 13.0. The van der Waals surface area contributed by atoms with Gasteiger partial charge in [0.05, 0.1) is 12.3 Å². The van der Waals surface area contributed by atoms with Crippen LogP contribution in [0, 0.1) is 0 Å². The number of fused-ring (bicyclic) bond motifs is 1. The number of Topliss-reactive ketones (excluding diaryl/α,β-unsaturated/α-hetero) is 1. The lowest BCUT2D eigenvalue weighted by molar-refractivity contribution is -0.142. The number of nitrogens with zero attached hydrogens (tertiary/aromatic N) is 1. The van der Waals surface area contributed by atoms with E-state index in [4.69, 9.17) is 9.47 Å². The monoisotopic (exact) mass is 376 g/mol. The molecule has 8 nitrogen and oxygen atoms in total. The fourth-order valence-corrected chi connectivity index (χ4v) is 2.70. The van der Waals surface area contributed by atoms with E-state index in [1.807, 2.05) is 0 Å². The van der Waals surface area contributed by atoms with Gasteiger partial charge in [0, 0.05) is 12.0 Å². The van der Waals surface area contributed by atoms with Crippen molar-refractivity contribution in [3.05, 3.63) is 29.8 Å². The zero-order chi connectivity index (χ0) is 20.2. The lowest BCUT2D eigenvalue weighted by Gasteiger charge is -2.26. The number of hydrogen-bond acceptors (Lipinski definition) is 6. The van der Waals surface area contributed by atoms with E-state index >= 15 is 0 Å². The summed E-state index contributed by atoms with van der Waals surface area (Å²) in [4.78, 5) is 50.8. The SMILES string of the molecule is CCOC(=O)CN1C(=O)C(NC(=O)OC(C)(C)C)CC(=O)c2ccccc21. The van der Waals surface area contributed by atoms with E-state index in [9.17, 15) is 19.2 Å². The molecule has 1 aromatic carbocycles. The van der Waals surface area contributed by atoms with Crippen molar-refractivity contribution in [2.75, 3.05) is 18.1 Å². The number of benzene rings is 1. The number of anilines is 1. The number of esters is 1. The van der Waals surface area contributed by atoms with Gasteiger partial charge in [-0.25, -0.2) is 4.79 Å². The van der Waals surface area contributed by atoms with E-state index in [-0.39, 0.29) is 25.4 Å². The third-order valence-electron chi connectivity index (χ3n) is 3.73. The van der Waals surface area contributed by atoms with Crippen LogP contribution < -0.4 is 10.2 Å². The van der Waals surface area contributed by atoms with E-state index in [2.05, 4.69) is 5.32 Å². The molecule has 1 unspecified atom stereocenters. The molecule has 0 spiro atoms. The van der Waals surface area contributed by atoms with Crippen molar-refractivity contribution < 1.29 is 28.7 Å². The van der Waals surface area contributed by atoms with Crippen molar-refractivity contribution in [1.29, 1.82) is 0 Å². The summed E-state index contributed by atoms with van der Waals surface area (Å²) < 4.78 is 10.1. The highest BCUT2D eigenvalue weighted by Crippen LogP contribution is 2.27. The molecular weight excluding hydrogens is 352 g/mol. The molecule has 1 heterocycles. The number of hydrogen-bond donors (Lipinski definition) is 1. The van der Waals surface area contributed by atoms with E-state index in [1.54, 1.807) is 52.0 Å². The number of rotatable bonds is 4. The average Bonchev–Trinajstić information content (AvgIpc) is 2.65. The van der Waals surface area contributed by atoms with Crippen LogP contribution in [0.2, 0.25) is 0 Å². The molecule has 2 amide bonds. The van der Waals surface area contributed by atoms with Crippen molar-refractivity contribution in [3.63, 3.8) is 0 Å². The van der Waals surface area contributed by atoms with Gasteiger partial charge in [-0.05, 0) is 39.8 Å². The predicted molar refractivity (Wildman–Crippen MR) is 97.5 cm³/mol. The van der Waals surface area contributed by atoms with Gasteiger partial charge in [0.1, 0.15) is 18.2 Å². The van der Waals surface area contributed by atoms with E-state index in [0.29, 0.717) is 11.3 Å². The lowest BCUT2D eigenvalue weighted by atomic mass is 10.0. The molecule has 27 heavy (non-hydrogen) atoms. The van der Waals surface area contributed by atoms with Crippen LogP contribution >= 0.6 is 0 Å².